The van der Waals surface area contributed by atoms with Crippen molar-refractivity contribution in [3.63, 3.8) is 0 Å². The van der Waals surface area contributed by atoms with Crippen LogP contribution in [0.15, 0.2) is 60.8 Å². The van der Waals surface area contributed by atoms with E-state index in [1.54, 1.807) is 20.0 Å². The van der Waals surface area contributed by atoms with Crippen LogP contribution in [-0.2, 0) is 43.4 Å². The van der Waals surface area contributed by atoms with Gasteiger partial charge >= 0.3 is 0 Å². The zero-order chi connectivity index (χ0) is 36.2. The second-order valence-corrected chi connectivity index (χ2v) is 13.5. The number of amides is 5. The van der Waals surface area contributed by atoms with Gasteiger partial charge in [0.1, 0.15) is 24.7 Å². The number of aromatic nitrogens is 3. The van der Waals surface area contributed by atoms with Crippen molar-refractivity contribution in [1.29, 1.82) is 0 Å². The third kappa shape index (κ3) is 8.07. The zero-order valence-electron chi connectivity index (χ0n) is 28.4. The van der Waals surface area contributed by atoms with E-state index >= 15 is 0 Å². The van der Waals surface area contributed by atoms with E-state index in [2.05, 4.69) is 26.0 Å². The van der Waals surface area contributed by atoms with E-state index < -0.39 is 60.3 Å². The fraction of sp³-hybridized carbons (Fsp3) is 0.389. The first-order valence-corrected chi connectivity index (χ1v) is 17.3. The van der Waals surface area contributed by atoms with Crippen LogP contribution in [0.2, 0.25) is 5.02 Å². The van der Waals surface area contributed by atoms with Crippen molar-refractivity contribution in [1.82, 2.24) is 40.5 Å². The van der Waals surface area contributed by atoms with Crippen molar-refractivity contribution in [3.05, 3.63) is 88.3 Å². The van der Waals surface area contributed by atoms with Crippen molar-refractivity contribution >= 4 is 52.0 Å². The summed E-state index contributed by atoms with van der Waals surface area (Å²) in [5.41, 5.74) is 3.54. The maximum atomic E-state index is 14.4. The van der Waals surface area contributed by atoms with E-state index in [-0.39, 0.29) is 45.4 Å². The van der Waals surface area contributed by atoms with Gasteiger partial charge in [0.15, 0.2) is 0 Å². The van der Waals surface area contributed by atoms with Gasteiger partial charge in [0.2, 0.25) is 29.5 Å². The molecule has 4 heterocycles. The van der Waals surface area contributed by atoms with Gasteiger partial charge in [0.05, 0.1) is 29.1 Å². The number of hydrogen-bond donors (Lipinski definition) is 5. The normalized spacial score (nSPS) is 22.2. The summed E-state index contributed by atoms with van der Waals surface area (Å²) in [5.74, 6) is -2.74. The molecule has 2 aromatic heterocycles. The zero-order valence-corrected chi connectivity index (χ0v) is 29.2. The number of fused-ring (bicyclic) bond motifs is 2. The Labute approximate surface area is 299 Å². The van der Waals surface area contributed by atoms with Crippen LogP contribution in [0.3, 0.4) is 0 Å². The average Bonchev–Trinajstić information content (AvgIpc) is 3.78. The van der Waals surface area contributed by atoms with Gasteiger partial charge in [0.25, 0.3) is 0 Å². The molecule has 0 bridgehead atoms. The number of aliphatic hydroxyl groups is 1. The Morgan fingerprint density at radius 2 is 1.71 bits per heavy atom. The number of rotatable bonds is 6. The lowest BCUT2D eigenvalue weighted by atomic mass is 10.0. The molecule has 2 aromatic carbocycles. The highest BCUT2D eigenvalue weighted by atomic mass is 35.5. The molecule has 2 fully saturated rings. The van der Waals surface area contributed by atoms with Crippen LogP contribution in [0.25, 0.3) is 10.9 Å². The van der Waals surface area contributed by atoms with Crippen molar-refractivity contribution in [3.8, 4) is 0 Å². The molecule has 2 aliphatic rings. The van der Waals surface area contributed by atoms with Crippen LogP contribution in [0.1, 0.15) is 28.9 Å². The SMILES string of the molecule is Cc1nn(CC(=O)N2CCNC(=O)[C@H](Cc3ccccc3)NC(=O)[C@@H]3C[C@@H](O)CN3C(=O)[C@@H](Cc3c[nH]c4ccccc34)NC(=O)C2)c(C)c1Cl. The molecule has 4 atom stereocenters. The Balaban J connectivity index is 1.33. The van der Waals surface area contributed by atoms with E-state index in [0.717, 1.165) is 22.0 Å². The third-order valence-electron chi connectivity index (χ3n) is 9.46. The molecule has 0 radical (unpaired) electrons. The number of halogens is 1. The smallest absolute Gasteiger partial charge is 0.246 e. The van der Waals surface area contributed by atoms with Crippen molar-refractivity contribution in [2.75, 3.05) is 26.2 Å². The number of carbonyl (C=O) groups is 5. The number of aryl methyl sites for hydroxylation is 1. The van der Waals surface area contributed by atoms with Gasteiger partial charge in [-0.1, -0.05) is 60.1 Å². The molecule has 5 N–H and O–H groups in total. The number of nitrogens with one attached hydrogen (secondary N) is 4. The summed E-state index contributed by atoms with van der Waals surface area (Å²) < 4.78 is 1.46. The molecular weight excluding hydrogens is 676 g/mol. The molecule has 0 aliphatic carbocycles. The Bertz CT molecular complexity index is 1940. The Hall–Kier alpha value is -5.21. The van der Waals surface area contributed by atoms with Gasteiger partial charge in [-0.25, -0.2) is 0 Å². The van der Waals surface area contributed by atoms with Gasteiger partial charge in [0, 0.05) is 56.0 Å². The maximum Gasteiger partial charge on any atom is 0.246 e. The van der Waals surface area contributed by atoms with Gasteiger partial charge in [-0.15, -0.1) is 0 Å². The highest BCUT2D eigenvalue weighted by Crippen LogP contribution is 2.24. The number of aliphatic hydroxyl groups excluding tert-OH is 1. The molecule has 0 saturated carbocycles. The Morgan fingerprint density at radius 3 is 2.45 bits per heavy atom. The largest absolute Gasteiger partial charge is 0.391 e. The predicted octanol–water partition coefficient (Wildman–Crippen LogP) is 1.01. The van der Waals surface area contributed by atoms with Crippen LogP contribution < -0.4 is 16.0 Å². The summed E-state index contributed by atoms with van der Waals surface area (Å²) >= 11 is 6.32. The summed E-state index contributed by atoms with van der Waals surface area (Å²) in [6.07, 6.45) is 0.967. The molecule has 268 valence electrons. The minimum absolute atomic E-state index is 0.0249. The van der Waals surface area contributed by atoms with E-state index in [1.807, 2.05) is 54.6 Å². The van der Waals surface area contributed by atoms with Gasteiger partial charge in [-0.05, 0) is 31.0 Å². The fourth-order valence-corrected chi connectivity index (χ4v) is 6.89. The lowest BCUT2D eigenvalue weighted by molar-refractivity contribution is -0.142. The summed E-state index contributed by atoms with van der Waals surface area (Å²) in [4.78, 5) is 75.0. The molecule has 15 heteroatoms. The molecule has 6 rings (SSSR count). The van der Waals surface area contributed by atoms with E-state index in [9.17, 15) is 29.1 Å². The lowest BCUT2D eigenvalue weighted by Crippen LogP contribution is -2.57. The molecule has 5 amide bonds. The number of para-hydroxylation sites is 1. The van der Waals surface area contributed by atoms with Crippen LogP contribution in [0, 0.1) is 13.8 Å². The number of H-pyrrole nitrogens is 1. The van der Waals surface area contributed by atoms with Gasteiger partial charge < -0.3 is 35.8 Å². The van der Waals surface area contributed by atoms with Gasteiger partial charge in [-0.2, -0.15) is 5.10 Å². The Morgan fingerprint density at radius 1 is 0.961 bits per heavy atom. The molecule has 2 saturated heterocycles. The quantitative estimate of drug-likeness (QED) is 0.197. The summed E-state index contributed by atoms with van der Waals surface area (Å²) in [5, 5.41) is 24.8. The first kappa shape index (κ1) is 35.6. The van der Waals surface area contributed by atoms with Crippen LogP contribution in [0.4, 0.5) is 0 Å². The number of hydrogen-bond acceptors (Lipinski definition) is 7. The Kier molecular flexibility index (Phi) is 10.7. The predicted molar refractivity (Wildman–Crippen MR) is 188 cm³/mol. The standard InChI is InChI=1S/C36H41ClN8O6/c1-21-33(37)22(2)45(42-21)20-32(48)43-13-12-38-34(49)28(14-23-8-4-3-5-9-23)41-35(50)30-16-25(46)18-44(30)36(51)29(40-31(47)19-43)15-24-17-39-27-11-7-6-10-26(24)27/h3-11,17,25,28-30,39,46H,12-16,18-20H2,1-2H3,(H,38,49)(H,40,47)(H,41,50)/t25-,28+,29-,30+/m1/s1. The second-order valence-electron chi connectivity index (χ2n) is 13.1. The third-order valence-corrected chi connectivity index (χ3v) is 10.0. The second kappa shape index (κ2) is 15.4. The molecule has 51 heavy (non-hydrogen) atoms. The van der Waals surface area contributed by atoms with Crippen molar-refractivity contribution in [2.24, 2.45) is 0 Å². The van der Waals surface area contributed by atoms with Gasteiger partial charge in [-0.3, -0.25) is 28.7 Å². The number of nitrogens with zero attached hydrogens (tertiary/aromatic N) is 4. The number of aromatic amines is 1. The minimum Gasteiger partial charge on any atom is -0.391 e. The van der Waals surface area contributed by atoms with Crippen molar-refractivity contribution in [2.45, 2.75) is 63.9 Å². The molecule has 2 aliphatic heterocycles. The summed E-state index contributed by atoms with van der Waals surface area (Å²) in [6, 6.07) is 13.5. The van der Waals surface area contributed by atoms with Crippen LogP contribution in [-0.4, -0.2) is 110 Å². The minimum atomic E-state index is -1.14. The monoisotopic (exact) mass is 716 g/mol. The first-order chi connectivity index (χ1) is 24.5. The summed E-state index contributed by atoms with van der Waals surface area (Å²) in [7, 11) is 0. The van der Waals surface area contributed by atoms with Crippen LogP contribution >= 0.6 is 11.6 Å². The van der Waals surface area contributed by atoms with Crippen LogP contribution in [0.5, 0.6) is 0 Å². The lowest BCUT2D eigenvalue weighted by Gasteiger charge is -2.30. The van der Waals surface area contributed by atoms with E-state index in [4.69, 9.17) is 11.6 Å². The average molecular weight is 717 g/mol. The van der Waals surface area contributed by atoms with Crippen molar-refractivity contribution < 1.29 is 29.1 Å². The molecule has 0 unspecified atom stereocenters. The number of carbonyl (C=O) groups excluding carboxylic acids is 5. The number of benzene rings is 2. The van der Waals surface area contributed by atoms with E-state index in [1.165, 1.54) is 14.5 Å². The molecule has 14 nitrogen and oxygen atoms in total. The molecule has 0 spiro atoms. The molecule has 4 aromatic rings. The highest BCUT2D eigenvalue weighted by Gasteiger charge is 2.43. The maximum absolute atomic E-state index is 14.4. The first-order valence-electron chi connectivity index (χ1n) is 16.9. The topological polar surface area (TPSA) is 182 Å². The fourth-order valence-electron chi connectivity index (χ4n) is 6.75. The van der Waals surface area contributed by atoms with E-state index in [0.29, 0.717) is 16.4 Å². The molecular formula is C36H41ClN8O6. The summed E-state index contributed by atoms with van der Waals surface area (Å²) in [6.45, 7) is 2.63. The highest BCUT2D eigenvalue weighted by molar-refractivity contribution is 6.31.